The van der Waals surface area contributed by atoms with Crippen molar-refractivity contribution in [1.29, 1.82) is 0 Å². The number of thiophene rings is 1. The Morgan fingerprint density at radius 2 is 2.22 bits per heavy atom. The first-order valence-electron chi connectivity index (χ1n) is 5.54. The molecule has 0 saturated carbocycles. The Morgan fingerprint density at radius 3 is 2.61 bits per heavy atom. The summed E-state index contributed by atoms with van der Waals surface area (Å²) in [5.41, 5.74) is 4.88. The second-order valence-electron chi connectivity index (χ2n) is 3.83. The molecule has 1 heterocycles. The molecule has 0 bridgehead atoms. The van der Waals surface area contributed by atoms with Gasteiger partial charge in [-0.25, -0.2) is 0 Å². The fraction of sp³-hybridized carbons (Fsp3) is 0.455. The summed E-state index contributed by atoms with van der Waals surface area (Å²) in [6.07, 6.45) is 1.10. The van der Waals surface area contributed by atoms with Crippen LogP contribution >= 0.6 is 27.3 Å². The highest BCUT2D eigenvalue weighted by Gasteiger charge is 2.34. The number of carbonyl (C=O) groups is 1. The van der Waals surface area contributed by atoms with E-state index in [-0.39, 0.29) is 11.7 Å². The maximum atomic E-state index is 12.2. The number of rotatable bonds is 5. The molecule has 0 radical (unpaired) electrons. The van der Waals surface area contributed by atoms with Crippen LogP contribution < -0.4 is 11.1 Å². The minimum Gasteiger partial charge on any atom is -0.409 e. The van der Waals surface area contributed by atoms with Crippen LogP contribution in [0.4, 0.5) is 0 Å². The predicted octanol–water partition coefficient (Wildman–Crippen LogP) is 2.55. The van der Waals surface area contributed by atoms with Crippen LogP contribution in [-0.2, 0) is 0 Å². The van der Waals surface area contributed by atoms with Gasteiger partial charge in [-0.1, -0.05) is 19.0 Å². The largest absolute Gasteiger partial charge is 0.409 e. The Morgan fingerprint density at radius 1 is 1.61 bits per heavy atom. The molecule has 0 saturated heterocycles. The number of amidine groups is 1. The van der Waals surface area contributed by atoms with Crippen molar-refractivity contribution >= 4 is 39.0 Å². The van der Waals surface area contributed by atoms with Gasteiger partial charge >= 0.3 is 0 Å². The van der Waals surface area contributed by atoms with E-state index in [9.17, 15) is 4.79 Å². The second kappa shape index (κ2) is 6.19. The van der Waals surface area contributed by atoms with E-state index in [0.717, 1.165) is 4.47 Å². The lowest BCUT2D eigenvalue weighted by atomic mass is 9.91. The molecule has 0 atom stereocenters. The summed E-state index contributed by atoms with van der Waals surface area (Å²) in [5.74, 6) is -0.208. The quantitative estimate of drug-likeness (QED) is 0.335. The van der Waals surface area contributed by atoms with Crippen LogP contribution in [-0.4, -0.2) is 22.5 Å². The van der Waals surface area contributed by atoms with Gasteiger partial charge < -0.3 is 16.3 Å². The molecule has 0 fully saturated rings. The van der Waals surface area contributed by atoms with Gasteiger partial charge in [0.25, 0.3) is 5.91 Å². The van der Waals surface area contributed by atoms with Gasteiger partial charge in [0.05, 0.1) is 0 Å². The molecular formula is C11H16BrN3O2S. The van der Waals surface area contributed by atoms with E-state index >= 15 is 0 Å². The van der Waals surface area contributed by atoms with Crippen molar-refractivity contribution in [1.82, 2.24) is 5.32 Å². The van der Waals surface area contributed by atoms with E-state index in [2.05, 4.69) is 26.4 Å². The lowest BCUT2D eigenvalue weighted by Gasteiger charge is -2.31. The van der Waals surface area contributed by atoms with E-state index in [1.54, 1.807) is 0 Å². The minimum absolute atomic E-state index is 0.0218. The maximum Gasteiger partial charge on any atom is 0.263 e. The highest BCUT2D eigenvalue weighted by Crippen LogP contribution is 2.24. The van der Waals surface area contributed by atoms with Crippen molar-refractivity contribution in [3.05, 3.63) is 20.8 Å². The molecule has 1 aromatic rings. The Balaban J connectivity index is 2.99. The Kier molecular flexibility index (Phi) is 5.15. The van der Waals surface area contributed by atoms with Gasteiger partial charge in [0, 0.05) is 4.47 Å². The molecule has 0 aliphatic carbocycles. The van der Waals surface area contributed by atoms with Crippen molar-refractivity contribution in [3.63, 3.8) is 0 Å². The van der Waals surface area contributed by atoms with E-state index in [1.165, 1.54) is 11.3 Å². The fourth-order valence-electron chi connectivity index (χ4n) is 1.68. The predicted molar refractivity (Wildman–Crippen MR) is 76.2 cm³/mol. The maximum absolute atomic E-state index is 12.2. The minimum atomic E-state index is -0.810. The normalized spacial score (nSPS) is 12.5. The molecule has 1 aromatic heterocycles. The summed E-state index contributed by atoms with van der Waals surface area (Å²) in [6, 6.07) is 1.81. The molecule has 0 unspecified atom stereocenters. The van der Waals surface area contributed by atoms with Gasteiger partial charge in [0.2, 0.25) is 0 Å². The van der Waals surface area contributed by atoms with Crippen LogP contribution in [0.2, 0.25) is 0 Å². The van der Waals surface area contributed by atoms with Gasteiger partial charge in [0.1, 0.15) is 10.4 Å². The number of nitrogens with zero attached hydrogens (tertiary/aromatic N) is 1. The Hall–Kier alpha value is -1.08. The lowest BCUT2D eigenvalue weighted by molar-refractivity contribution is 0.0921. The summed E-state index contributed by atoms with van der Waals surface area (Å²) in [5, 5.41) is 16.5. The van der Waals surface area contributed by atoms with Crippen LogP contribution in [0, 0.1) is 0 Å². The molecule has 0 aliphatic heterocycles. The zero-order chi connectivity index (χ0) is 13.8. The van der Waals surface area contributed by atoms with Crippen LogP contribution in [0.3, 0.4) is 0 Å². The second-order valence-corrected chi connectivity index (χ2v) is 5.60. The third-order valence-electron chi connectivity index (χ3n) is 2.98. The van der Waals surface area contributed by atoms with Crippen molar-refractivity contribution < 1.29 is 10.0 Å². The van der Waals surface area contributed by atoms with E-state index in [0.29, 0.717) is 17.7 Å². The van der Waals surface area contributed by atoms with Crippen molar-refractivity contribution in [2.45, 2.75) is 32.2 Å². The van der Waals surface area contributed by atoms with Gasteiger partial charge in [-0.15, -0.1) is 11.3 Å². The molecule has 4 N–H and O–H groups in total. The molecule has 100 valence electrons. The average Bonchev–Trinajstić information content (AvgIpc) is 2.81. The summed E-state index contributed by atoms with van der Waals surface area (Å²) in [4.78, 5) is 12.7. The number of hydrogen-bond acceptors (Lipinski definition) is 4. The van der Waals surface area contributed by atoms with Crippen LogP contribution in [0.15, 0.2) is 21.1 Å². The Bertz CT molecular complexity index is 455. The molecule has 5 nitrogen and oxygen atoms in total. The van der Waals surface area contributed by atoms with Gasteiger partial charge in [-0.3, -0.25) is 4.79 Å². The molecule has 1 rings (SSSR count). The van der Waals surface area contributed by atoms with E-state index in [1.807, 2.05) is 25.3 Å². The first kappa shape index (κ1) is 15.0. The summed E-state index contributed by atoms with van der Waals surface area (Å²) in [6.45, 7) is 3.76. The highest BCUT2D eigenvalue weighted by molar-refractivity contribution is 9.10. The SMILES string of the molecule is CCC(CC)(NC(=O)c1sccc1Br)/C(N)=N/O. The smallest absolute Gasteiger partial charge is 0.263 e. The molecule has 1 amide bonds. The van der Waals surface area contributed by atoms with E-state index in [4.69, 9.17) is 10.9 Å². The molecule has 0 aromatic carbocycles. The summed E-state index contributed by atoms with van der Waals surface area (Å²) >= 11 is 4.65. The van der Waals surface area contributed by atoms with Crippen LogP contribution in [0.25, 0.3) is 0 Å². The summed E-state index contributed by atoms with van der Waals surface area (Å²) in [7, 11) is 0. The number of halogens is 1. The first-order valence-corrected chi connectivity index (χ1v) is 7.21. The van der Waals surface area contributed by atoms with Crippen molar-refractivity contribution in [3.8, 4) is 0 Å². The van der Waals surface area contributed by atoms with E-state index < -0.39 is 5.54 Å². The molecule has 18 heavy (non-hydrogen) atoms. The third kappa shape index (κ3) is 2.84. The van der Waals surface area contributed by atoms with Crippen LogP contribution in [0.1, 0.15) is 36.4 Å². The topological polar surface area (TPSA) is 87.7 Å². The number of oxime groups is 1. The first-order chi connectivity index (χ1) is 8.50. The standard InChI is InChI=1S/C11H16BrN3O2S/c1-3-11(4-2,10(13)15-17)14-9(16)8-7(12)5-6-18-8/h5-6,17H,3-4H2,1-2H3,(H2,13,15)(H,14,16). The number of nitrogens with one attached hydrogen (secondary N) is 1. The molecule has 0 aliphatic rings. The number of nitrogens with two attached hydrogens (primary N) is 1. The molecular weight excluding hydrogens is 318 g/mol. The average molecular weight is 334 g/mol. The molecule has 7 heteroatoms. The fourth-order valence-corrected chi connectivity index (χ4v) is 3.13. The van der Waals surface area contributed by atoms with Gasteiger partial charge in [-0.05, 0) is 40.2 Å². The zero-order valence-corrected chi connectivity index (χ0v) is 12.6. The number of hydrogen-bond donors (Lipinski definition) is 3. The Labute approximate surface area is 118 Å². The summed E-state index contributed by atoms with van der Waals surface area (Å²) < 4.78 is 0.741. The molecule has 0 spiro atoms. The van der Waals surface area contributed by atoms with Crippen molar-refractivity contribution in [2.75, 3.05) is 0 Å². The van der Waals surface area contributed by atoms with Crippen LogP contribution in [0.5, 0.6) is 0 Å². The van der Waals surface area contributed by atoms with Gasteiger partial charge in [-0.2, -0.15) is 0 Å². The number of carbonyl (C=O) groups excluding carboxylic acids is 1. The highest BCUT2D eigenvalue weighted by atomic mass is 79.9. The van der Waals surface area contributed by atoms with Gasteiger partial charge in [0.15, 0.2) is 5.84 Å². The zero-order valence-electron chi connectivity index (χ0n) is 10.2. The lowest BCUT2D eigenvalue weighted by Crippen LogP contribution is -2.56. The third-order valence-corrected chi connectivity index (χ3v) is 4.82. The monoisotopic (exact) mass is 333 g/mol. The van der Waals surface area contributed by atoms with Crippen molar-refractivity contribution in [2.24, 2.45) is 10.9 Å². The number of amides is 1.